The zero-order valence-corrected chi connectivity index (χ0v) is 6.02. The predicted molar refractivity (Wildman–Crippen MR) is 35.8 cm³/mol. The van der Waals surface area contributed by atoms with Gasteiger partial charge in [0.15, 0.2) is 0 Å². The van der Waals surface area contributed by atoms with E-state index in [0.717, 1.165) is 0 Å². The number of halogens is 1. The summed E-state index contributed by atoms with van der Waals surface area (Å²) >= 11 is 5.36. The van der Waals surface area contributed by atoms with Crippen LogP contribution >= 0.6 is 11.6 Å². The summed E-state index contributed by atoms with van der Waals surface area (Å²) in [5.41, 5.74) is 0. The summed E-state index contributed by atoms with van der Waals surface area (Å²) in [4.78, 5) is 22.6. The molecule has 10 heavy (non-hydrogen) atoms. The Balaban J connectivity index is 2.46. The van der Waals surface area contributed by atoms with E-state index in [1.54, 1.807) is 0 Å². The Hall–Kier alpha value is -0.770. The van der Waals surface area contributed by atoms with Crippen LogP contribution in [0.15, 0.2) is 0 Å². The molecule has 0 atom stereocenters. The van der Waals surface area contributed by atoms with Crippen LogP contribution in [0.3, 0.4) is 0 Å². The number of alkyl halides is 1. The number of rotatable bonds is 2. The second-order valence-corrected chi connectivity index (χ2v) is 2.34. The molecule has 1 aliphatic heterocycles. The van der Waals surface area contributed by atoms with Crippen LogP contribution in [0, 0.1) is 0 Å². The Kier molecular flexibility index (Phi) is 2.11. The first-order chi connectivity index (χ1) is 4.74. The highest BCUT2D eigenvalue weighted by atomic mass is 35.5. The molecule has 56 valence electrons. The Labute approximate surface area is 63.1 Å². The van der Waals surface area contributed by atoms with Gasteiger partial charge in [0.1, 0.15) is 6.54 Å². The molecule has 0 spiro atoms. The molecule has 1 N–H and O–H groups in total. The fraction of sp³-hybridized carbons (Fsp3) is 0.600. The van der Waals surface area contributed by atoms with E-state index in [1.807, 2.05) is 0 Å². The predicted octanol–water partition coefficient (Wildman–Crippen LogP) is -0.223. The summed E-state index contributed by atoms with van der Waals surface area (Å²) in [6.07, 6.45) is 0. The van der Waals surface area contributed by atoms with Crippen molar-refractivity contribution in [2.45, 2.75) is 0 Å². The van der Waals surface area contributed by atoms with E-state index in [2.05, 4.69) is 5.32 Å². The fourth-order valence-corrected chi connectivity index (χ4v) is 0.970. The van der Waals surface area contributed by atoms with Crippen LogP contribution in [0.5, 0.6) is 0 Å². The molecular formula is C5H7ClN2O2. The van der Waals surface area contributed by atoms with Gasteiger partial charge in [-0.2, -0.15) is 0 Å². The third kappa shape index (κ3) is 1.39. The number of urea groups is 1. The van der Waals surface area contributed by atoms with Gasteiger partial charge in [-0.15, -0.1) is 11.6 Å². The first-order valence-corrected chi connectivity index (χ1v) is 3.42. The van der Waals surface area contributed by atoms with Crippen molar-refractivity contribution in [1.29, 1.82) is 0 Å². The van der Waals surface area contributed by atoms with E-state index < -0.39 is 0 Å². The Morgan fingerprint density at radius 1 is 1.60 bits per heavy atom. The minimum Gasteiger partial charge on any atom is -0.314 e. The average molecular weight is 163 g/mol. The highest BCUT2D eigenvalue weighted by molar-refractivity contribution is 6.18. The summed E-state index contributed by atoms with van der Waals surface area (Å²) in [7, 11) is 0. The lowest BCUT2D eigenvalue weighted by Crippen LogP contribution is -2.29. The molecule has 0 unspecified atom stereocenters. The molecule has 0 radical (unpaired) electrons. The largest absolute Gasteiger partial charge is 0.324 e. The molecule has 1 saturated heterocycles. The van der Waals surface area contributed by atoms with Gasteiger partial charge in [0.2, 0.25) is 5.91 Å². The van der Waals surface area contributed by atoms with Crippen LogP contribution in [-0.4, -0.2) is 35.8 Å². The number of carbonyl (C=O) groups excluding carboxylic acids is 2. The molecule has 0 aromatic carbocycles. The lowest BCUT2D eigenvalue weighted by Gasteiger charge is -2.08. The van der Waals surface area contributed by atoms with E-state index in [0.29, 0.717) is 12.4 Å². The summed E-state index contributed by atoms with van der Waals surface area (Å²) in [5.74, 6) is 0.107. The Morgan fingerprint density at radius 3 is 2.70 bits per heavy atom. The van der Waals surface area contributed by atoms with Crippen LogP contribution in [0.1, 0.15) is 0 Å². The van der Waals surface area contributed by atoms with Crippen molar-refractivity contribution in [3.05, 3.63) is 0 Å². The quantitative estimate of drug-likeness (QED) is 0.451. The van der Waals surface area contributed by atoms with Crippen LogP contribution < -0.4 is 5.32 Å². The first kappa shape index (κ1) is 7.34. The molecule has 0 saturated carbocycles. The van der Waals surface area contributed by atoms with Crippen LogP contribution in [-0.2, 0) is 4.79 Å². The number of hydrogen-bond acceptors (Lipinski definition) is 2. The molecule has 5 heteroatoms. The van der Waals surface area contributed by atoms with Crippen molar-refractivity contribution >= 4 is 23.5 Å². The molecule has 0 bridgehead atoms. The van der Waals surface area contributed by atoms with Crippen LogP contribution in [0.25, 0.3) is 0 Å². The monoisotopic (exact) mass is 162 g/mol. The number of nitrogens with one attached hydrogen (secondary N) is 1. The molecule has 0 aliphatic carbocycles. The lowest BCUT2D eigenvalue weighted by molar-refractivity contribution is -0.118. The van der Waals surface area contributed by atoms with Gasteiger partial charge in [-0.1, -0.05) is 0 Å². The maximum atomic E-state index is 10.7. The van der Waals surface area contributed by atoms with Crippen molar-refractivity contribution in [1.82, 2.24) is 10.2 Å². The van der Waals surface area contributed by atoms with Crippen molar-refractivity contribution < 1.29 is 9.59 Å². The minimum atomic E-state index is -0.342. The molecular weight excluding hydrogens is 156 g/mol. The van der Waals surface area contributed by atoms with Crippen molar-refractivity contribution in [2.75, 3.05) is 19.0 Å². The van der Waals surface area contributed by atoms with E-state index >= 15 is 0 Å². The summed E-state index contributed by atoms with van der Waals surface area (Å²) in [6, 6.07) is -0.342. The lowest BCUT2D eigenvalue weighted by atomic mass is 10.5. The van der Waals surface area contributed by atoms with Gasteiger partial charge in [0, 0.05) is 12.4 Å². The third-order valence-corrected chi connectivity index (χ3v) is 1.39. The molecule has 1 fully saturated rings. The van der Waals surface area contributed by atoms with E-state index in [9.17, 15) is 9.59 Å². The summed E-state index contributed by atoms with van der Waals surface area (Å²) in [6.45, 7) is 0.574. The standard InChI is InChI=1S/C5H7ClN2O2/c6-1-2-8-3-4(9)7-5(8)10/h1-3H2,(H,7,9,10). The molecule has 4 nitrogen and oxygen atoms in total. The maximum absolute atomic E-state index is 10.7. The fourth-order valence-electron chi connectivity index (χ4n) is 0.766. The van der Waals surface area contributed by atoms with Crippen LogP contribution in [0.4, 0.5) is 4.79 Å². The molecule has 1 rings (SSSR count). The maximum Gasteiger partial charge on any atom is 0.324 e. The molecule has 3 amide bonds. The third-order valence-electron chi connectivity index (χ3n) is 1.22. The Bertz CT molecular complexity index is 171. The first-order valence-electron chi connectivity index (χ1n) is 2.89. The van der Waals surface area contributed by atoms with Gasteiger partial charge < -0.3 is 4.90 Å². The average Bonchev–Trinajstić information content (AvgIpc) is 2.13. The summed E-state index contributed by atoms with van der Waals surface area (Å²) in [5, 5.41) is 2.14. The van der Waals surface area contributed by atoms with E-state index in [-0.39, 0.29) is 18.5 Å². The second-order valence-electron chi connectivity index (χ2n) is 1.96. The van der Waals surface area contributed by atoms with Crippen molar-refractivity contribution in [3.8, 4) is 0 Å². The van der Waals surface area contributed by atoms with Crippen LogP contribution in [0.2, 0.25) is 0 Å². The number of carbonyl (C=O) groups is 2. The summed E-state index contributed by atoms with van der Waals surface area (Å²) < 4.78 is 0. The molecule has 0 aromatic heterocycles. The SMILES string of the molecule is O=C1CN(CCCl)C(=O)N1. The van der Waals surface area contributed by atoms with Gasteiger partial charge in [0.25, 0.3) is 0 Å². The van der Waals surface area contributed by atoms with Crippen molar-refractivity contribution in [2.24, 2.45) is 0 Å². The zero-order valence-electron chi connectivity index (χ0n) is 5.26. The van der Waals surface area contributed by atoms with E-state index in [4.69, 9.17) is 11.6 Å². The number of imide groups is 1. The van der Waals surface area contributed by atoms with E-state index in [1.165, 1.54) is 4.90 Å². The Morgan fingerprint density at radius 2 is 2.30 bits per heavy atom. The van der Waals surface area contributed by atoms with Gasteiger partial charge in [-0.05, 0) is 0 Å². The number of amides is 3. The highest BCUT2D eigenvalue weighted by Crippen LogP contribution is 1.97. The van der Waals surface area contributed by atoms with Gasteiger partial charge in [0.05, 0.1) is 0 Å². The topological polar surface area (TPSA) is 49.4 Å². The molecule has 1 aliphatic rings. The number of hydrogen-bond donors (Lipinski definition) is 1. The number of nitrogens with zero attached hydrogens (tertiary/aromatic N) is 1. The zero-order chi connectivity index (χ0) is 7.56. The van der Waals surface area contributed by atoms with Gasteiger partial charge in [-0.3, -0.25) is 10.1 Å². The minimum absolute atomic E-state index is 0.144. The van der Waals surface area contributed by atoms with Gasteiger partial charge in [-0.25, -0.2) is 4.79 Å². The smallest absolute Gasteiger partial charge is 0.314 e. The molecule has 1 heterocycles. The van der Waals surface area contributed by atoms with Crippen molar-refractivity contribution in [3.63, 3.8) is 0 Å². The highest BCUT2D eigenvalue weighted by Gasteiger charge is 2.25. The van der Waals surface area contributed by atoms with Gasteiger partial charge >= 0.3 is 6.03 Å². The second kappa shape index (κ2) is 2.88. The molecule has 0 aromatic rings. The normalized spacial score (nSPS) is 17.9.